The SMILES string of the molecule is COc1ccc(NC(=O)CN(CCc2ccccc2)S(=O)(=O)c2cc(C)ccc2OC)cc1. The highest BCUT2D eigenvalue weighted by atomic mass is 32.2. The highest BCUT2D eigenvalue weighted by molar-refractivity contribution is 7.89. The normalized spacial score (nSPS) is 11.3. The number of ether oxygens (including phenoxy) is 2. The number of hydrogen-bond donors (Lipinski definition) is 1. The van der Waals surface area contributed by atoms with E-state index < -0.39 is 15.9 Å². The van der Waals surface area contributed by atoms with Gasteiger partial charge in [-0.15, -0.1) is 0 Å². The Hall–Kier alpha value is -3.36. The molecule has 0 aliphatic rings. The fourth-order valence-corrected chi connectivity index (χ4v) is 4.98. The van der Waals surface area contributed by atoms with Crippen molar-refractivity contribution in [1.82, 2.24) is 4.31 Å². The molecule has 0 heterocycles. The van der Waals surface area contributed by atoms with Gasteiger partial charge >= 0.3 is 0 Å². The largest absolute Gasteiger partial charge is 0.497 e. The number of hydrogen-bond acceptors (Lipinski definition) is 5. The molecule has 7 nitrogen and oxygen atoms in total. The predicted molar refractivity (Wildman–Crippen MR) is 128 cm³/mol. The van der Waals surface area contributed by atoms with E-state index in [0.29, 0.717) is 17.9 Å². The summed E-state index contributed by atoms with van der Waals surface area (Å²) in [5, 5.41) is 2.75. The van der Waals surface area contributed by atoms with Gasteiger partial charge < -0.3 is 14.8 Å². The van der Waals surface area contributed by atoms with Crippen LogP contribution in [-0.2, 0) is 21.2 Å². The Kier molecular flexibility index (Phi) is 8.08. The second kappa shape index (κ2) is 11.0. The summed E-state index contributed by atoms with van der Waals surface area (Å²) in [6, 6.07) is 21.3. The van der Waals surface area contributed by atoms with E-state index in [1.54, 1.807) is 49.6 Å². The Balaban J connectivity index is 1.86. The standard InChI is InChI=1S/C25H28N2O5S/c1-19-9-14-23(32-3)24(17-19)33(29,30)27(16-15-20-7-5-4-6-8-20)18-25(28)26-21-10-12-22(31-2)13-11-21/h4-14,17H,15-16,18H2,1-3H3,(H,26,28). The molecular weight excluding hydrogens is 440 g/mol. The number of carbonyl (C=O) groups is 1. The van der Waals surface area contributed by atoms with Crippen molar-refractivity contribution in [3.8, 4) is 11.5 Å². The Morgan fingerprint density at radius 2 is 1.64 bits per heavy atom. The van der Waals surface area contributed by atoms with Crippen LogP contribution in [0.4, 0.5) is 5.69 Å². The lowest BCUT2D eigenvalue weighted by Crippen LogP contribution is -2.39. The Labute approximate surface area is 195 Å². The number of carbonyl (C=O) groups excluding carboxylic acids is 1. The zero-order chi connectivity index (χ0) is 23.8. The van der Waals surface area contributed by atoms with Crippen LogP contribution in [0, 0.1) is 6.92 Å². The number of sulfonamides is 1. The van der Waals surface area contributed by atoms with E-state index in [9.17, 15) is 13.2 Å². The fourth-order valence-electron chi connectivity index (χ4n) is 3.34. The Morgan fingerprint density at radius 1 is 0.939 bits per heavy atom. The van der Waals surface area contributed by atoms with Gasteiger partial charge in [0.1, 0.15) is 16.4 Å². The number of nitrogens with zero attached hydrogens (tertiary/aromatic N) is 1. The van der Waals surface area contributed by atoms with Crippen molar-refractivity contribution < 1.29 is 22.7 Å². The summed E-state index contributed by atoms with van der Waals surface area (Å²) in [6.07, 6.45) is 0.462. The second-order valence-electron chi connectivity index (χ2n) is 7.51. The minimum absolute atomic E-state index is 0.0373. The summed E-state index contributed by atoms with van der Waals surface area (Å²) in [6.45, 7) is 1.61. The van der Waals surface area contributed by atoms with Crippen LogP contribution in [0.15, 0.2) is 77.7 Å². The Morgan fingerprint density at radius 3 is 2.27 bits per heavy atom. The molecule has 0 aromatic heterocycles. The van der Waals surface area contributed by atoms with Crippen molar-refractivity contribution in [2.24, 2.45) is 0 Å². The van der Waals surface area contributed by atoms with E-state index in [2.05, 4.69) is 5.32 Å². The third-order valence-corrected chi connectivity index (χ3v) is 6.99. The van der Waals surface area contributed by atoms with Gasteiger partial charge in [0.25, 0.3) is 0 Å². The molecule has 1 N–H and O–H groups in total. The lowest BCUT2D eigenvalue weighted by atomic mass is 10.1. The molecule has 0 radical (unpaired) electrons. The third kappa shape index (κ3) is 6.34. The summed E-state index contributed by atoms with van der Waals surface area (Å²) < 4.78 is 38.8. The third-order valence-electron chi connectivity index (χ3n) is 5.12. The first-order valence-electron chi connectivity index (χ1n) is 10.5. The monoisotopic (exact) mass is 468 g/mol. The van der Waals surface area contributed by atoms with Gasteiger partial charge in [-0.1, -0.05) is 36.4 Å². The first kappa shape index (κ1) is 24.3. The van der Waals surface area contributed by atoms with Crippen molar-refractivity contribution in [3.63, 3.8) is 0 Å². The molecular formula is C25H28N2O5S. The number of rotatable bonds is 10. The van der Waals surface area contributed by atoms with Crippen molar-refractivity contribution >= 4 is 21.6 Å². The van der Waals surface area contributed by atoms with Crippen LogP contribution in [0.1, 0.15) is 11.1 Å². The van der Waals surface area contributed by atoms with Gasteiger partial charge in [-0.05, 0) is 60.9 Å². The second-order valence-corrected chi connectivity index (χ2v) is 9.41. The van der Waals surface area contributed by atoms with Crippen LogP contribution >= 0.6 is 0 Å². The predicted octanol–water partition coefficient (Wildman–Crippen LogP) is 3.88. The summed E-state index contributed by atoms with van der Waals surface area (Å²) in [5.74, 6) is 0.455. The molecule has 0 spiro atoms. The quantitative estimate of drug-likeness (QED) is 0.488. The maximum Gasteiger partial charge on any atom is 0.247 e. The first-order chi connectivity index (χ1) is 15.8. The van der Waals surface area contributed by atoms with E-state index in [-0.39, 0.29) is 23.7 Å². The molecule has 0 aliphatic heterocycles. The molecule has 0 saturated heterocycles. The molecule has 3 aromatic carbocycles. The molecule has 1 amide bonds. The maximum absolute atomic E-state index is 13.6. The number of methoxy groups -OCH3 is 2. The molecule has 0 fully saturated rings. The Bertz CT molecular complexity index is 1180. The molecule has 0 atom stereocenters. The molecule has 33 heavy (non-hydrogen) atoms. The average Bonchev–Trinajstić information content (AvgIpc) is 2.82. The molecule has 3 rings (SSSR count). The smallest absolute Gasteiger partial charge is 0.247 e. The van der Waals surface area contributed by atoms with Gasteiger partial charge in [0.15, 0.2) is 0 Å². The van der Waals surface area contributed by atoms with Gasteiger partial charge in [-0.2, -0.15) is 4.31 Å². The van der Waals surface area contributed by atoms with Gasteiger partial charge in [0, 0.05) is 12.2 Å². The van der Waals surface area contributed by atoms with Crippen molar-refractivity contribution in [3.05, 3.63) is 83.9 Å². The van der Waals surface area contributed by atoms with Gasteiger partial charge in [-0.3, -0.25) is 4.79 Å². The first-order valence-corrected chi connectivity index (χ1v) is 11.9. The zero-order valence-electron chi connectivity index (χ0n) is 18.9. The van der Waals surface area contributed by atoms with Crippen LogP contribution in [0.5, 0.6) is 11.5 Å². The van der Waals surface area contributed by atoms with E-state index in [1.807, 2.05) is 37.3 Å². The van der Waals surface area contributed by atoms with Crippen molar-refractivity contribution in [1.29, 1.82) is 0 Å². The maximum atomic E-state index is 13.6. The molecule has 174 valence electrons. The van der Waals surface area contributed by atoms with E-state index in [0.717, 1.165) is 11.1 Å². The highest BCUT2D eigenvalue weighted by Gasteiger charge is 2.29. The van der Waals surface area contributed by atoms with Crippen LogP contribution in [-0.4, -0.2) is 45.9 Å². The summed E-state index contributed by atoms with van der Waals surface area (Å²) in [7, 11) is -1.02. The lowest BCUT2D eigenvalue weighted by molar-refractivity contribution is -0.116. The average molecular weight is 469 g/mol. The van der Waals surface area contributed by atoms with E-state index >= 15 is 0 Å². The van der Waals surface area contributed by atoms with Crippen LogP contribution in [0.25, 0.3) is 0 Å². The summed E-state index contributed by atoms with van der Waals surface area (Å²) in [4.78, 5) is 12.8. The van der Waals surface area contributed by atoms with Crippen LogP contribution < -0.4 is 14.8 Å². The van der Waals surface area contributed by atoms with Gasteiger partial charge in [0.05, 0.1) is 20.8 Å². The topological polar surface area (TPSA) is 84.9 Å². The van der Waals surface area contributed by atoms with Crippen LogP contribution in [0.3, 0.4) is 0 Å². The van der Waals surface area contributed by atoms with Gasteiger partial charge in [0.2, 0.25) is 15.9 Å². The molecule has 3 aromatic rings. The van der Waals surface area contributed by atoms with Gasteiger partial charge in [-0.25, -0.2) is 8.42 Å². The molecule has 0 bridgehead atoms. The fraction of sp³-hybridized carbons (Fsp3) is 0.240. The number of anilines is 1. The number of aryl methyl sites for hydroxylation is 1. The molecule has 0 aliphatic carbocycles. The number of benzene rings is 3. The summed E-state index contributed by atoms with van der Waals surface area (Å²) >= 11 is 0. The minimum atomic E-state index is -4.01. The lowest BCUT2D eigenvalue weighted by Gasteiger charge is -2.23. The van der Waals surface area contributed by atoms with Crippen molar-refractivity contribution in [2.75, 3.05) is 32.6 Å². The molecule has 8 heteroatoms. The number of amides is 1. The highest BCUT2D eigenvalue weighted by Crippen LogP contribution is 2.28. The molecule has 0 unspecified atom stereocenters. The molecule has 0 saturated carbocycles. The summed E-state index contributed by atoms with van der Waals surface area (Å²) in [5.41, 5.74) is 2.30. The van der Waals surface area contributed by atoms with E-state index in [1.165, 1.54) is 11.4 Å². The minimum Gasteiger partial charge on any atom is -0.497 e. The van der Waals surface area contributed by atoms with Crippen LogP contribution in [0.2, 0.25) is 0 Å². The van der Waals surface area contributed by atoms with Crippen molar-refractivity contribution in [2.45, 2.75) is 18.2 Å². The zero-order valence-corrected chi connectivity index (χ0v) is 19.8. The number of nitrogens with one attached hydrogen (secondary N) is 1. The van der Waals surface area contributed by atoms with E-state index in [4.69, 9.17) is 9.47 Å².